The summed E-state index contributed by atoms with van der Waals surface area (Å²) < 4.78 is 38.7. The fourth-order valence-electron chi connectivity index (χ4n) is 1.98. The van der Waals surface area contributed by atoms with E-state index in [2.05, 4.69) is 15.3 Å². The first kappa shape index (κ1) is 19.0. The Morgan fingerprint density at radius 1 is 1.32 bits per heavy atom. The van der Waals surface area contributed by atoms with Gasteiger partial charge >= 0.3 is 6.18 Å². The van der Waals surface area contributed by atoms with E-state index < -0.39 is 17.6 Å². The molecule has 0 radical (unpaired) electrons. The van der Waals surface area contributed by atoms with Gasteiger partial charge in [-0.1, -0.05) is 37.7 Å². The minimum Gasteiger partial charge on any atom is -0.325 e. The molecule has 0 aliphatic rings. The molecule has 0 aliphatic heterocycles. The minimum atomic E-state index is -4.56. The van der Waals surface area contributed by atoms with Gasteiger partial charge in [-0.3, -0.25) is 9.59 Å². The highest BCUT2D eigenvalue weighted by Gasteiger charge is 2.33. The summed E-state index contributed by atoms with van der Waals surface area (Å²) in [4.78, 5) is 30.2. The lowest BCUT2D eigenvalue weighted by Crippen LogP contribution is -2.19. The van der Waals surface area contributed by atoms with Crippen LogP contribution in [0.3, 0.4) is 0 Å². The number of aromatic nitrogens is 2. The Morgan fingerprint density at radius 3 is 2.64 bits per heavy atom. The zero-order valence-corrected chi connectivity index (χ0v) is 14.3. The van der Waals surface area contributed by atoms with Crippen molar-refractivity contribution in [3.05, 3.63) is 51.9 Å². The molecule has 1 amide bonds. The fourth-order valence-corrected chi connectivity index (χ4v) is 2.66. The van der Waals surface area contributed by atoms with Crippen LogP contribution in [-0.2, 0) is 11.0 Å². The van der Waals surface area contributed by atoms with Gasteiger partial charge in [0.15, 0.2) is 5.16 Å². The van der Waals surface area contributed by atoms with Gasteiger partial charge in [0.2, 0.25) is 5.91 Å². The average Bonchev–Trinajstić information content (AvgIpc) is 2.52. The van der Waals surface area contributed by atoms with Crippen LogP contribution in [0, 0.1) is 0 Å². The van der Waals surface area contributed by atoms with Crippen LogP contribution in [-0.4, -0.2) is 21.6 Å². The number of thioether (sulfide) groups is 1. The van der Waals surface area contributed by atoms with E-state index in [0.717, 1.165) is 17.8 Å². The van der Waals surface area contributed by atoms with E-state index in [1.165, 1.54) is 24.3 Å². The van der Waals surface area contributed by atoms with E-state index in [-0.39, 0.29) is 28.1 Å². The second kappa shape index (κ2) is 7.73. The molecule has 0 saturated heterocycles. The molecule has 2 rings (SSSR count). The van der Waals surface area contributed by atoms with E-state index >= 15 is 0 Å². The molecule has 2 N–H and O–H groups in total. The smallest absolute Gasteiger partial charge is 0.325 e. The number of carbonyl (C=O) groups is 1. The summed E-state index contributed by atoms with van der Waals surface area (Å²) in [6.45, 7) is 3.74. The van der Waals surface area contributed by atoms with E-state index in [1.807, 2.05) is 13.8 Å². The van der Waals surface area contributed by atoms with Gasteiger partial charge in [0.25, 0.3) is 5.56 Å². The van der Waals surface area contributed by atoms with Crippen LogP contribution in [0.4, 0.5) is 18.9 Å². The van der Waals surface area contributed by atoms with Crippen molar-refractivity contribution >= 4 is 23.4 Å². The normalized spacial score (nSPS) is 11.6. The molecule has 0 atom stereocenters. The number of para-hydroxylation sites is 1. The maximum Gasteiger partial charge on any atom is 0.418 e. The monoisotopic (exact) mass is 371 g/mol. The summed E-state index contributed by atoms with van der Waals surface area (Å²) in [5.41, 5.74) is -0.988. The standard InChI is InChI=1S/C16H16F3N3O2S/c1-9(2)12-7-13(23)22-15(21-12)25-8-14(24)20-11-6-4-3-5-10(11)16(17,18)19/h3-7,9H,8H2,1-2H3,(H,20,24)(H,21,22,23). The summed E-state index contributed by atoms with van der Waals surface area (Å²) in [6.07, 6.45) is -4.56. The van der Waals surface area contributed by atoms with Crippen LogP contribution in [0.1, 0.15) is 31.0 Å². The number of hydrogen-bond acceptors (Lipinski definition) is 4. The van der Waals surface area contributed by atoms with Crippen molar-refractivity contribution in [2.75, 3.05) is 11.1 Å². The number of aromatic amines is 1. The second-order valence-electron chi connectivity index (χ2n) is 5.51. The lowest BCUT2D eigenvalue weighted by molar-refractivity contribution is -0.137. The summed E-state index contributed by atoms with van der Waals surface area (Å²) >= 11 is 0.947. The highest BCUT2D eigenvalue weighted by molar-refractivity contribution is 7.99. The van der Waals surface area contributed by atoms with Gasteiger partial charge in [-0.15, -0.1) is 0 Å². The lowest BCUT2D eigenvalue weighted by Gasteiger charge is -2.13. The Kier molecular flexibility index (Phi) is 5.89. The predicted molar refractivity (Wildman–Crippen MR) is 89.7 cm³/mol. The first-order valence-electron chi connectivity index (χ1n) is 7.37. The van der Waals surface area contributed by atoms with Crippen molar-refractivity contribution in [1.29, 1.82) is 0 Å². The number of nitrogens with one attached hydrogen (secondary N) is 2. The molecule has 0 aliphatic carbocycles. The summed E-state index contributed by atoms with van der Waals surface area (Å²) in [5, 5.41) is 2.49. The second-order valence-corrected chi connectivity index (χ2v) is 6.47. The molecule has 0 fully saturated rings. The molecule has 134 valence electrons. The molecular formula is C16H16F3N3O2S. The van der Waals surface area contributed by atoms with Crippen LogP contribution >= 0.6 is 11.8 Å². The number of alkyl halides is 3. The minimum absolute atomic E-state index is 0.0362. The Balaban J connectivity index is 2.07. The number of H-pyrrole nitrogens is 1. The van der Waals surface area contributed by atoms with Gasteiger partial charge in [-0.2, -0.15) is 13.2 Å². The third-order valence-electron chi connectivity index (χ3n) is 3.18. The van der Waals surface area contributed by atoms with Gasteiger partial charge in [0.05, 0.1) is 22.7 Å². The van der Waals surface area contributed by atoms with Crippen molar-refractivity contribution in [2.24, 2.45) is 0 Å². The quantitative estimate of drug-likeness (QED) is 0.622. The number of carbonyl (C=O) groups excluding carboxylic acids is 1. The van der Waals surface area contributed by atoms with Crippen molar-refractivity contribution in [3.63, 3.8) is 0 Å². The number of rotatable bonds is 5. The van der Waals surface area contributed by atoms with Crippen LogP contribution in [0.25, 0.3) is 0 Å². The Labute approximate surface area is 146 Å². The zero-order valence-electron chi connectivity index (χ0n) is 13.5. The molecule has 1 aromatic carbocycles. The predicted octanol–water partition coefficient (Wildman–Crippen LogP) is 3.64. The van der Waals surface area contributed by atoms with E-state index in [0.29, 0.717) is 5.69 Å². The molecule has 0 unspecified atom stereocenters. The number of halogens is 3. The number of nitrogens with zero attached hydrogens (tertiary/aromatic N) is 1. The SMILES string of the molecule is CC(C)c1cc(=O)[nH]c(SCC(=O)Nc2ccccc2C(F)(F)F)n1. The molecule has 5 nitrogen and oxygen atoms in total. The third-order valence-corrected chi connectivity index (χ3v) is 4.05. The largest absolute Gasteiger partial charge is 0.418 e. The number of benzene rings is 1. The van der Waals surface area contributed by atoms with Crippen molar-refractivity contribution in [2.45, 2.75) is 31.1 Å². The van der Waals surface area contributed by atoms with Crippen LogP contribution in [0.15, 0.2) is 40.3 Å². The van der Waals surface area contributed by atoms with E-state index in [9.17, 15) is 22.8 Å². The molecule has 1 heterocycles. The van der Waals surface area contributed by atoms with Crippen molar-refractivity contribution in [3.8, 4) is 0 Å². The molecule has 25 heavy (non-hydrogen) atoms. The molecule has 0 bridgehead atoms. The van der Waals surface area contributed by atoms with Crippen molar-refractivity contribution < 1.29 is 18.0 Å². The first-order chi connectivity index (χ1) is 11.7. The molecule has 0 spiro atoms. The van der Waals surface area contributed by atoms with E-state index in [4.69, 9.17) is 0 Å². The molecule has 9 heteroatoms. The van der Waals surface area contributed by atoms with Crippen molar-refractivity contribution in [1.82, 2.24) is 9.97 Å². The average molecular weight is 371 g/mol. The summed E-state index contributed by atoms with van der Waals surface area (Å²) in [7, 11) is 0. The topological polar surface area (TPSA) is 74.8 Å². The highest BCUT2D eigenvalue weighted by Crippen LogP contribution is 2.34. The Bertz CT molecular complexity index is 819. The molecular weight excluding hydrogens is 355 g/mol. The van der Waals surface area contributed by atoms with Gasteiger partial charge in [0.1, 0.15) is 0 Å². The first-order valence-corrected chi connectivity index (χ1v) is 8.35. The fraction of sp³-hybridized carbons (Fsp3) is 0.312. The summed E-state index contributed by atoms with van der Waals surface area (Å²) in [5.74, 6) is -0.773. The third kappa shape index (κ3) is 5.35. The van der Waals surface area contributed by atoms with Crippen LogP contribution in [0.5, 0.6) is 0 Å². The van der Waals surface area contributed by atoms with Crippen LogP contribution < -0.4 is 10.9 Å². The zero-order chi connectivity index (χ0) is 18.6. The number of hydrogen-bond donors (Lipinski definition) is 2. The Morgan fingerprint density at radius 2 is 2.00 bits per heavy atom. The van der Waals surface area contributed by atoms with Gasteiger partial charge < -0.3 is 10.3 Å². The number of anilines is 1. The van der Waals surface area contributed by atoms with E-state index in [1.54, 1.807) is 0 Å². The van der Waals surface area contributed by atoms with Crippen LogP contribution in [0.2, 0.25) is 0 Å². The number of amides is 1. The highest BCUT2D eigenvalue weighted by atomic mass is 32.2. The lowest BCUT2D eigenvalue weighted by atomic mass is 10.1. The van der Waals surface area contributed by atoms with Gasteiger partial charge in [-0.05, 0) is 18.1 Å². The maximum atomic E-state index is 12.9. The maximum absolute atomic E-state index is 12.9. The molecule has 2 aromatic rings. The van der Waals surface area contributed by atoms with Gasteiger partial charge in [0, 0.05) is 6.07 Å². The Hall–Kier alpha value is -2.29. The summed E-state index contributed by atoms with van der Waals surface area (Å²) in [6, 6.07) is 6.11. The van der Waals surface area contributed by atoms with Gasteiger partial charge in [-0.25, -0.2) is 4.98 Å². The molecule has 1 aromatic heterocycles. The molecule has 0 saturated carbocycles.